The van der Waals surface area contributed by atoms with Crippen molar-refractivity contribution in [3.05, 3.63) is 64.1 Å². The van der Waals surface area contributed by atoms with Gasteiger partial charge in [0.2, 0.25) is 5.91 Å². The van der Waals surface area contributed by atoms with Crippen LogP contribution in [0.1, 0.15) is 36.4 Å². The van der Waals surface area contributed by atoms with Crippen molar-refractivity contribution in [3.8, 4) is 0 Å². The fraction of sp³-hybridized carbons (Fsp3) is 0.250. The number of aromatic nitrogens is 5. The van der Waals surface area contributed by atoms with Crippen LogP contribution in [0.2, 0.25) is 0 Å². The van der Waals surface area contributed by atoms with Crippen LogP contribution in [-0.2, 0) is 11.3 Å². The molecule has 0 aromatic carbocycles. The molecule has 11 heteroatoms. The Bertz CT molecular complexity index is 1380. The lowest BCUT2D eigenvalue weighted by molar-refractivity contribution is -0.116. The number of pyridine rings is 2. The van der Waals surface area contributed by atoms with Gasteiger partial charge in [0.1, 0.15) is 29.5 Å². The molecule has 0 saturated heterocycles. The fourth-order valence-corrected chi connectivity index (χ4v) is 3.54. The van der Waals surface area contributed by atoms with E-state index in [9.17, 15) is 22.8 Å². The molecule has 4 aromatic rings. The fourth-order valence-electron chi connectivity index (χ4n) is 3.54. The number of nitrogens with zero attached hydrogens (tertiary/aromatic N) is 5. The molecule has 8 nitrogen and oxygen atoms in total. The highest BCUT2D eigenvalue weighted by atomic mass is 19.3. The Labute approximate surface area is 172 Å². The summed E-state index contributed by atoms with van der Waals surface area (Å²) in [5, 5.41) is 6.86. The van der Waals surface area contributed by atoms with Crippen molar-refractivity contribution in [1.82, 2.24) is 24.1 Å². The summed E-state index contributed by atoms with van der Waals surface area (Å²) in [6.07, 6.45) is 1.56. The maximum absolute atomic E-state index is 13.2. The highest BCUT2D eigenvalue weighted by Gasteiger charge is 2.30. The van der Waals surface area contributed by atoms with Gasteiger partial charge in [0.15, 0.2) is 5.65 Å². The molecular weight excluding hydrogens is 413 g/mol. The third-order valence-electron chi connectivity index (χ3n) is 5.14. The molecule has 4 aromatic heterocycles. The molecule has 1 N–H and O–H groups in total. The molecule has 0 aliphatic heterocycles. The van der Waals surface area contributed by atoms with Crippen LogP contribution in [0, 0.1) is 5.82 Å². The second kappa shape index (κ2) is 7.18. The van der Waals surface area contributed by atoms with E-state index in [0.717, 1.165) is 36.7 Å². The summed E-state index contributed by atoms with van der Waals surface area (Å²) in [6.45, 7) is -0.362. The van der Waals surface area contributed by atoms with Gasteiger partial charge >= 0.3 is 0 Å². The van der Waals surface area contributed by atoms with E-state index < -0.39 is 29.4 Å². The molecule has 5 rings (SSSR count). The zero-order valence-electron chi connectivity index (χ0n) is 15.9. The Morgan fingerprint density at radius 3 is 2.68 bits per heavy atom. The summed E-state index contributed by atoms with van der Waals surface area (Å²) in [4.78, 5) is 33.5. The number of fused-ring (bicyclic) bond motifs is 3. The predicted octanol–water partition coefficient (Wildman–Crippen LogP) is 3.03. The molecule has 1 fully saturated rings. The summed E-state index contributed by atoms with van der Waals surface area (Å²) in [5.41, 5.74) is 0.119. The second-order valence-electron chi connectivity index (χ2n) is 7.32. The van der Waals surface area contributed by atoms with Gasteiger partial charge in [0.25, 0.3) is 12.0 Å². The highest BCUT2D eigenvalue weighted by molar-refractivity contribution is 5.90. The number of halogens is 3. The summed E-state index contributed by atoms with van der Waals surface area (Å²) >= 11 is 0. The number of alkyl halides is 2. The van der Waals surface area contributed by atoms with Crippen LogP contribution in [0.5, 0.6) is 0 Å². The molecule has 31 heavy (non-hydrogen) atoms. The highest BCUT2D eigenvalue weighted by Crippen LogP contribution is 2.42. The summed E-state index contributed by atoms with van der Waals surface area (Å²) < 4.78 is 41.9. The lowest BCUT2D eigenvalue weighted by Crippen LogP contribution is -2.30. The molecule has 1 amide bonds. The van der Waals surface area contributed by atoms with Crippen LogP contribution in [-0.4, -0.2) is 30.1 Å². The lowest BCUT2D eigenvalue weighted by atomic mass is 10.2. The van der Waals surface area contributed by atoms with Gasteiger partial charge in [0.05, 0.1) is 17.8 Å². The molecule has 0 bridgehead atoms. The smallest absolute Gasteiger partial charge is 0.280 e. The number of anilines is 1. The first-order chi connectivity index (χ1) is 14.9. The number of hydrogen-bond donors (Lipinski definition) is 1. The van der Waals surface area contributed by atoms with Crippen molar-refractivity contribution >= 4 is 28.4 Å². The molecular formula is C20H15F3N6O2. The lowest BCUT2D eigenvalue weighted by Gasteiger charge is -2.13. The minimum Gasteiger partial charge on any atom is -0.309 e. The Balaban J connectivity index is 1.63. The Morgan fingerprint density at radius 1 is 1.19 bits per heavy atom. The topological polar surface area (TPSA) is 94.2 Å². The first-order valence-corrected chi connectivity index (χ1v) is 9.53. The Morgan fingerprint density at radius 2 is 2.00 bits per heavy atom. The van der Waals surface area contributed by atoms with E-state index >= 15 is 0 Å². The van der Waals surface area contributed by atoms with Crippen LogP contribution >= 0.6 is 0 Å². The van der Waals surface area contributed by atoms with Crippen LogP contribution in [0.4, 0.5) is 19.0 Å². The third kappa shape index (κ3) is 3.41. The van der Waals surface area contributed by atoms with Crippen molar-refractivity contribution in [2.75, 3.05) is 5.32 Å². The van der Waals surface area contributed by atoms with Gasteiger partial charge in [0, 0.05) is 5.56 Å². The minimum absolute atomic E-state index is 0.0153. The van der Waals surface area contributed by atoms with Gasteiger partial charge in [-0.25, -0.2) is 23.1 Å². The monoisotopic (exact) mass is 428 g/mol. The molecule has 0 atom stereocenters. The Hall–Kier alpha value is -3.76. The van der Waals surface area contributed by atoms with Gasteiger partial charge in [-0.05, 0) is 43.0 Å². The average molecular weight is 428 g/mol. The number of amides is 1. The molecule has 1 aliphatic carbocycles. The SMILES string of the molecule is O=C(Cn1c(=O)c2ccc(C(F)F)nc2n2ncc(C3CC3)c12)Nc1ccc(F)cn1. The molecule has 4 heterocycles. The molecule has 0 spiro atoms. The van der Waals surface area contributed by atoms with Crippen molar-refractivity contribution in [2.45, 2.75) is 31.7 Å². The van der Waals surface area contributed by atoms with Gasteiger partial charge in [-0.3, -0.25) is 14.2 Å². The molecule has 1 saturated carbocycles. The largest absolute Gasteiger partial charge is 0.309 e. The van der Waals surface area contributed by atoms with Crippen LogP contribution < -0.4 is 10.9 Å². The summed E-state index contributed by atoms with van der Waals surface area (Å²) in [6, 6.07) is 4.80. The number of nitrogens with one attached hydrogen (secondary N) is 1. The molecule has 0 unspecified atom stereocenters. The second-order valence-corrected chi connectivity index (χ2v) is 7.32. The Kier molecular flexibility index (Phi) is 4.45. The van der Waals surface area contributed by atoms with Gasteiger partial charge in [-0.15, -0.1) is 0 Å². The number of rotatable bonds is 5. The van der Waals surface area contributed by atoms with Crippen molar-refractivity contribution in [2.24, 2.45) is 0 Å². The van der Waals surface area contributed by atoms with Gasteiger partial charge in [-0.1, -0.05) is 0 Å². The van der Waals surface area contributed by atoms with E-state index in [2.05, 4.69) is 20.4 Å². The van der Waals surface area contributed by atoms with Crippen molar-refractivity contribution in [1.29, 1.82) is 0 Å². The predicted molar refractivity (Wildman–Crippen MR) is 105 cm³/mol. The maximum Gasteiger partial charge on any atom is 0.280 e. The van der Waals surface area contributed by atoms with Crippen LogP contribution in [0.3, 0.4) is 0 Å². The summed E-state index contributed by atoms with van der Waals surface area (Å²) in [5.74, 6) is -0.784. The minimum atomic E-state index is -2.80. The average Bonchev–Trinajstić information content (AvgIpc) is 3.50. The molecule has 158 valence electrons. The third-order valence-corrected chi connectivity index (χ3v) is 5.14. The van der Waals surface area contributed by atoms with Gasteiger partial charge in [-0.2, -0.15) is 9.61 Å². The molecule has 0 radical (unpaired) electrons. The first kappa shape index (κ1) is 19.2. The number of carbonyl (C=O) groups is 1. The molecule has 1 aliphatic rings. The van der Waals surface area contributed by atoms with Crippen LogP contribution in [0.25, 0.3) is 16.7 Å². The van der Waals surface area contributed by atoms with E-state index in [1.807, 2.05) is 0 Å². The number of carbonyl (C=O) groups excluding carboxylic acids is 1. The number of hydrogen-bond acceptors (Lipinski definition) is 5. The van der Waals surface area contributed by atoms with E-state index in [4.69, 9.17) is 0 Å². The zero-order chi connectivity index (χ0) is 21.7. The maximum atomic E-state index is 13.2. The van der Waals surface area contributed by atoms with Gasteiger partial charge < -0.3 is 5.32 Å². The first-order valence-electron chi connectivity index (χ1n) is 9.53. The van der Waals surface area contributed by atoms with E-state index in [1.165, 1.54) is 21.2 Å². The van der Waals surface area contributed by atoms with E-state index in [0.29, 0.717) is 5.65 Å². The van der Waals surface area contributed by atoms with Crippen molar-refractivity contribution < 1.29 is 18.0 Å². The van der Waals surface area contributed by atoms with E-state index in [1.54, 1.807) is 6.20 Å². The summed E-state index contributed by atoms with van der Waals surface area (Å²) in [7, 11) is 0. The van der Waals surface area contributed by atoms with Crippen molar-refractivity contribution in [3.63, 3.8) is 0 Å². The van der Waals surface area contributed by atoms with E-state index in [-0.39, 0.29) is 29.3 Å². The normalized spacial score (nSPS) is 13.9. The standard InChI is InChI=1S/C20H15F3N6O2/c21-11-3-6-15(24-7-11)27-16(30)9-28-19-13(10-1-2-10)8-25-29(19)18-12(20(28)31)4-5-14(26-18)17(22)23/h3-8,10,17H,1-2,9H2,(H,24,27,30). The quantitative estimate of drug-likeness (QED) is 0.527. The van der Waals surface area contributed by atoms with Crippen LogP contribution in [0.15, 0.2) is 41.5 Å². The zero-order valence-corrected chi connectivity index (χ0v) is 15.9.